The third-order valence-corrected chi connectivity index (χ3v) is 2.14. The Kier molecular flexibility index (Phi) is 1.70. The highest BCUT2D eigenvalue weighted by atomic mass is 35.5. The SMILES string of the molecule is Oc1cc(F)c(Cl)cc1[C@H]1CN1. The summed E-state index contributed by atoms with van der Waals surface area (Å²) in [6.07, 6.45) is 0. The first-order valence-corrected chi connectivity index (χ1v) is 3.97. The second kappa shape index (κ2) is 2.61. The summed E-state index contributed by atoms with van der Waals surface area (Å²) < 4.78 is 12.7. The molecule has 1 atom stereocenters. The second-order valence-electron chi connectivity index (χ2n) is 2.79. The monoisotopic (exact) mass is 187 g/mol. The van der Waals surface area contributed by atoms with Gasteiger partial charge in [-0.15, -0.1) is 0 Å². The molecule has 0 aliphatic carbocycles. The number of rotatable bonds is 1. The van der Waals surface area contributed by atoms with E-state index in [0.717, 1.165) is 12.6 Å². The van der Waals surface area contributed by atoms with Gasteiger partial charge in [0, 0.05) is 24.2 Å². The zero-order valence-corrected chi connectivity index (χ0v) is 6.90. The van der Waals surface area contributed by atoms with E-state index in [1.54, 1.807) is 0 Å². The number of phenols is 1. The topological polar surface area (TPSA) is 42.2 Å². The summed E-state index contributed by atoms with van der Waals surface area (Å²) in [6.45, 7) is 0.815. The van der Waals surface area contributed by atoms with Gasteiger partial charge in [-0.2, -0.15) is 0 Å². The Morgan fingerprint density at radius 3 is 2.83 bits per heavy atom. The lowest BCUT2D eigenvalue weighted by Gasteiger charge is -2.02. The summed E-state index contributed by atoms with van der Waals surface area (Å²) in [4.78, 5) is 0. The average molecular weight is 188 g/mol. The molecule has 0 bridgehead atoms. The van der Waals surface area contributed by atoms with E-state index in [0.29, 0.717) is 5.56 Å². The molecule has 64 valence electrons. The van der Waals surface area contributed by atoms with Gasteiger partial charge in [0.2, 0.25) is 0 Å². The van der Waals surface area contributed by atoms with Gasteiger partial charge in [-0.05, 0) is 6.07 Å². The first-order valence-electron chi connectivity index (χ1n) is 3.60. The highest BCUT2D eigenvalue weighted by Crippen LogP contribution is 2.33. The van der Waals surface area contributed by atoms with Gasteiger partial charge < -0.3 is 10.4 Å². The normalized spacial score (nSPS) is 21.0. The first-order chi connectivity index (χ1) is 5.68. The molecule has 1 aromatic rings. The summed E-state index contributed by atoms with van der Waals surface area (Å²) >= 11 is 5.54. The maximum Gasteiger partial charge on any atom is 0.145 e. The summed E-state index contributed by atoms with van der Waals surface area (Å²) in [5, 5.41) is 12.3. The van der Waals surface area contributed by atoms with Gasteiger partial charge >= 0.3 is 0 Å². The smallest absolute Gasteiger partial charge is 0.145 e. The van der Waals surface area contributed by atoms with E-state index in [-0.39, 0.29) is 16.8 Å². The van der Waals surface area contributed by atoms with Gasteiger partial charge in [-0.3, -0.25) is 0 Å². The summed E-state index contributed by atoms with van der Waals surface area (Å²) in [6, 6.07) is 2.64. The van der Waals surface area contributed by atoms with Crippen LogP contribution in [0, 0.1) is 5.82 Å². The number of halogens is 2. The molecule has 0 amide bonds. The Balaban J connectivity index is 2.47. The fourth-order valence-corrected chi connectivity index (χ4v) is 1.28. The van der Waals surface area contributed by atoms with Crippen molar-refractivity contribution in [2.24, 2.45) is 0 Å². The molecule has 4 heteroatoms. The zero-order valence-electron chi connectivity index (χ0n) is 6.14. The molecule has 0 aromatic heterocycles. The van der Waals surface area contributed by atoms with E-state index in [9.17, 15) is 9.50 Å². The van der Waals surface area contributed by atoms with E-state index >= 15 is 0 Å². The molecular weight excluding hydrogens is 181 g/mol. The number of hydrogen-bond donors (Lipinski definition) is 2. The second-order valence-corrected chi connectivity index (χ2v) is 3.19. The molecule has 1 heterocycles. The van der Waals surface area contributed by atoms with Crippen molar-refractivity contribution in [2.75, 3.05) is 6.54 Å². The van der Waals surface area contributed by atoms with Crippen LogP contribution in [0.5, 0.6) is 5.75 Å². The van der Waals surface area contributed by atoms with E-state index in [1.807, 2.05) is 0 Å². The van der Waals surface area contributed by atoms with Gasteiger partial charge in [-0.25, -0.2) is 4.39 Å². The van der Waals surface area contributed by atoms with E-state index in [4.69, 9.17) is 11.6 Å². The van der Waals surface area contributed by atoms with Crippen molar-refractivity contribution in [2.45, 2.75) is 6.04 Å². The van der Waals surface area contributed by atoms with Gasteiger partial charge in [0.25, 0.3) is 0 Å². The van der Waals surface area contributed by atoms with Crippen LogP contribution in [0.4, 0.5) is 4.39 Å². The van der Waals surface area contributed by atoms with Gasteiger partial charge in [-0.1, -0.05) is 11.6 Å². The minimum Gasteiger partial charge on any atom is -0.507 e. The highest BCUT2D eigenvalue weighted by Gasteiger charge is 2.26. The number of nitrogens with one attached hydrogen (secondary N) is 1. The third kappa shape index (κ3) is 1.26. The number of aromatic hydroxyl groups is 1. The largest absolute Gasteiger partial charge is 0.507 e. The standard InChI is InChI=1S/C8H7ClFNO/c9-5-1-4(7-3-11-7)8(12)2-6(5)10/h1-2,7,11-12H,3H2/t7-/m1/s1. The summed E-state index contributed by atoms with van der Waals surface area (Å²) in [5.74, 6) is -0.620. The Bertz CT molecular complexity index is 325. The molecule has 1 saturated heterocycles. The van der Waals surface area contributed by atoms with Crippen molar-refractivity contribution in [1.29, 1.82) is 0 Å². The van der Waals surface area contributed by atoms with Crippen molar-refractivity contribution < 1.29 is 9.50 Å². The van der Waals surface area contributed by atoms with Crippen LogP contribution in [-0.4, -0.2) is 11.7 Å². The van der Waals surface area contributed by atoms with Crippen LogP contribution in [0.25, 0.3) is 0 Å². The molecular formula is C8H7ClFNO. The summed E-state index contributed by atoms with van der Waals surface area (Å²) in [5.41, 5.74) is 0.668. The molecule has 12 heavy (non-hydrogen) atoms. The molecule has 1 fully saturated rings. The fourth-order valence-electron chi connectivity index (χ4n) is 1.11. The van der Waals surface area contributed by atoms with Crippen molar-refractivity contribution in [3.05, 3.63) is 28.5 Å². The molecule has 1 aliphatic heterocycles. The lowest BCUT2D eigenvalue weighted by molar-refractivity contribution is 0.462. The summed E-state index contributed by atoms with van der Waals surface area (Å²) in [7, 11) is 0. The van der Waals surface area contributed by atoms with Crippen molar-refractivity contribution in [3.63, 3.8) is 0 Å². The number of benzene rings is 1. The zero-order chi connectivity index (χ0) is 8.72. The quantitative estimate of drug-likeness (QED) is 0.659. The van der Waals surface area contributed by atoms with E-state index < -0.39 is 5.82 Å². The van der Waals surface area contributed by atoms with Gasteiger partial charge in [0.15, 0.2) is 0 Å². The number of hydrogen-bond acceptors (Lipinski definition) is 2. The van der Waals surface area contributed by atoms with Gasteiger partial charge in [0.1, 0.15) is 11.6 Å². The van der Waals surface area contributed by atoms with E-state index in [2.05, 4.69) is 5.32 Å². The van der Waals surface area contributed by atoms with Crippen LogP contribution < -0.4 is 5.32 Å². The predicted molar refractivity (Wildman–Crippen MR) is 43.8 cm³/mol. The molecule has 1 aliphatic rings. The van der Waals surface area contributed by atoms with Crippen molar-refractivity contribution in [1.82, 2.24) is 5.32 Å². The first kappa shape index (κ1) is 7.83. The van der Waals surface area contributed by atoms with Crippen LogP contribution in [0.3, 0.4) is 0 Å². The molecule has 0 unspecified atom stereocenters. The highest BCUT2D eigenvalue weighted by molar-refractivity contribution is 6.30. The third-order valence-electron chi connectivity index (χ3n) is 1.85. The molecule has 0 spiro atoms. The van der Waals surface area contributed by atoms with Crippen molar-refractivity contribution >= 4 is 11.6 Å². The Hall–Kier alpha value is -0.800. The Morgan fingerprint density at radius 1 is 1.58 bits per heavy atom. The van der Waals surface area contributed by atoms with Crippen LogP contribution in [-0.2, 0) is 0 Å². The fraction of sp³-hybridized carbons (Fsp3) is 0.250. The predicted octanol–water partition coefficient (Wildman–Crippen LogP) is 1.83. The molecule has 0 radical (unpaired) electrons. The minimum absolute atomic E-state index is 0.0353. The minimum atomic E-state index is -0.585. The lowest BCUT2D eigenvalue weighted by Crippen LogP contribution is -1.87. The Morgan fingerprint density at radius 2 is 2.25 bits per heavy atom. The van der Waals surface area contributed by atoms with Crippen molar-refractivity contribution in [3.8, 4) is 5.75 Å². The molecule has 2 rings (SSSR count). The lowest BCUT2D eigenvalue weighted by atomic mass is 10.1. The van der Waals surface area contributed by atoms with Crippen LogP contribution >= 0.6 is 11.6 Å². The van der Waals surface area contributed by atoms with Gasteiger partial charge in [0.05, 0.1) is 5.02 Å². The van der Waals surface area contributed by atoms with Crippen LogP contribution in [0.1, 0.15) is 11.6 Å². The molecule has 0 saturated carbocycles. The average Bonchev–Trinajstić information content (AvgIpc) is 2.79. The van der Waals surface area contributed by atoms with Crippen LogP contribution in [0.15, 0.2) is 12.1 Å². The van der Waals surface area contributed by atoms with Crippen LogP contribution in [0.2, 0.25) is 5.02 Å². The maximum absolute atomic E-state index is 12.7. The Labute approximate surface area is 74.0 Å². The molecule has 1 aromatic carbocycles. The van der Waals surface area contributed by atoms with E-state index in [1.165, 1.54) is 6.07 Å². The molecule has 2 N–H and O–H groups in total. The number of phenolic OH excluding ortho intramolecular Hbond substituents is 1. The maximum atomic E-state index is 12.7. The molecule has 2 nitrogen and oxygen atoms in total.